The number of carbonyl (C=O) groups is 1. The van der Waals surface area contributed by atoms with Gasteiger partial charge >= 0.3 is 6.18 Å². The normalized spacial score (nSPS) is 28.6. The summed E-state index contributed by atoms with van der Waals surface area (Å²) in [6.07, 6.45) is -0.793. The number of likely N-dealkylation sites (tertiary alicyclic amines) is 1. The van der Waals surface area contributed by atoms with Crippen LogP contribution in [0.5, 0.6) is 0 Å². The lowest BCUT2D eigenvalue weighted by Gasteiger charge is -2.29. The third-order valence-electron chi connectivity index (χ3n) is 3.98. The average Bonchev–Trinajstić information content (AvgIpc) is 2.45. The summed E-state index contributed by atoms with van der Waals surface area (Å²) in [5.41, 5.74) is -1.58. The van der Waals surface area contributed by atoms with Gasteiger partial charge in [0.25, 0.3) is 0 Å². The third-order valence-corrected chi connectivity index (χ3v) is 3.98. The van der Waals surface area contributed by atoms with Gasteiger partial charge in [-0.15, -0.1) is 0 Å². The Kier molecular flexibility index (Phi) is 3.90. The maximum Gasteiger partial charge on any atom is 0.417 e. The average molecular weight is 277 g/mol. The first-order valence-corrected chi connectivity index (χ1v) is 6.59. The highest BCUT2D eigenvalue weighted by molar-refractivity contribution is 5.88. The number of carbonyl (C=O) groups excluding carboxylic acids is 1. The van der Waals surface area contributed by atoms with Gasteiger partial charge in [-0.3, -0.25) is 4.79 Å². The van der Waals surface area contributed by atoms with Crippen LogP contribution in [-0.4, -0.2) is 40.8 Å². The van der Waals surface area contributed by atoms with Crippen molar-refractivity contribution >= 4 is 5.91 Å². The van der Waals surface area contributed by atoms with Gasteiger partial charge in [0.1, 0.15) is 0 Å². The zero-order valence-electron chi connectivity index (χ0n) is 10.7. The number of aliphatic hydroxyl groups is 1. The molecule has 0 aromatic carbocycles. The highest BCUT2D eigenvalue weighted by Crippen LogP contribution is 2.38. The van der Waals surface area contributed by atoms with Gasteiger partial charge in [-0.1, -0.05) is 5.57 Å². The van der Waals surface area contributed by atoms with Crippen molar-refractivity contribution in [3.05, 3.63) is 11.6 Å². The van der Waals surface area contributed by atoms with Gasteiger partial charge in [-0.2, -0.15) is 13.2 Å². The van der Waals surface area contributed by atoms with Crippen molar-refractivity contribution in [1.29, 1.82) is 0 Å². The molecule has 2 rings (SSSR count). The molecule has 6 heteroatoms. The molecule has 1 unspecified atom stereocenters. The standard InChI is InChI=1S/C13H18F3NO2/c14-13(15,16)12(19)5-2-7-17(8-6-12)11(18)9-10-3-1-4-10/h9,19H,1-8H2. The lowest BCUT2D eigenvalue weighted by molar-refractivity contribution is -0.263. The summed E-state index contributed by atoms with van der Waals surface area (Å²) in [6, 6.07) is 0. The zero-order chi connectivity index (χ0) is 14.1. The number of alkyl halides is 3. The molecular formula is C13H18F3NO2. The topological polar surface area (TPSA) is 40.5 Å². The highest BCUT2D eigenvalue weighted by Gasteiger charge is 2.53. The van der Waals surface area contributed by atoms with E-state index in [9.17, 15) is 23.1 Å². The molecule has 1 N–H and O–H groups in total. The fraction of sp³-hybridized carbons (Fsp3) is 0.769. The molecule has 0 aromatic rings. The number of amides is 1. The molecular weight excluding hydrogens is 259 g/mol. The quantitative estimate of drug-likeness (QED) is 0.748. The van der Waals surface area contributed by atoms with E-state index in [2.05, 4.69) is 0 Å². The Morgan fingerprint density at radius 1 is 1.21 bits per heavy atom. The summed E-state index contributed by atoms with van der Waals surface area (Å²) >= 11 is 0. The second-order valence-electron chi connectivity index (χ2n) is 5.36. The van der Waals surface area contributed by atoms with E-state index >= 15 is 0 Å². The maximum absolute atomic E-state index is 12.7. The molecule has 1 atom stereocenters. The molecule has 0 spiro atoms. The van der Waals surface area contributed by atoms with Crippen LogP contribution in [0.15, 0.2) is 11.6 Å². The Hall–Kier alpha value is -1.04. The molecule has 1 heterocycles. The lowest BCUT2D eigenvalue weighted by atomic mass is 9.92. The largest absolute Gasteiger partial charge is 0.417 e. The third kappa shape index (κ3) is 3.11. The molecule has 1 amide bonds. The van der Waals surface area contributed by atoms with Gasteiger partial charge in [0.05, 0.1) is 0 Å². The Labute approximate surface area is 110 Å². The monoisotopic (exact) mass is 277 g/mol. The number of rotatable bonds is 1. The minimum Gasteiger partial charge on any atom is -0.380 e. The predicted octanol–water partition coefficient (Wildman–Crippen LogP) is 2.40. The van der Waals surface area contributed by atoms with Crippen molar-refractivity contribution in [2.24, 2.45) is 0 Å². The van der Waals surface area contributed by atoms with Crippen LogP contribution < -0.4 is 0 Å². The first-order valence-electron chi connectivity index (χ1n) is 6.59. The number of nitrogens with zero attached hydrogens (tertiary/aromatic N) is 1. The van der Waals surface area contributed by atoms with Crippen molar-refractivity contribution < 1.29 is 23.1 Å². The van der Waals surface area contributed by atoms with Crippen LogP contribution in [0, 0.1) is 0 Å². The molecule has 108 valence electrons. The number of allylic oxidation sites excluding steroid dienone is 1. The molecule has 2 fully saturated rings. The fourth-order valence-electron chi connectivity index (χ4n) is 2.41. The Morgan fingerprint density at radius 3 is 2.42 bits per heavy atom. The Morgan fingerprint density at radius 2 is 1.89 bits per heavy atom. The fourth-order valence-corrected chi connectivity index (χ4v) is 2.41. The second-order valence-corrected chi connectivity index (χ2v) is 5.36. The number of halogens is 3. The zero-order valence-corrected chi connectivity index (χ0v) is 10.7. The van der Waals surface area contributed by atoms with Crippen molar-refractivity contribution in [3.8, 4) is 0 Å². The van der Waals surface area contributed by atoms with Crippen LogP contribution >= 0.6 is 0 Å². The van der Waals surface area contributed by atoms with Crippen molar-refractivity contribution in [3.63, 3.8) is 0 Å². The molecule has 1 aliphatic carbocycles. The summed E-state index contributed by atoms with van der Waals surface area (Å²) in [5.74, 6) is -0.221. The molecule has 1 saturated heterocycles. The first kappa shape index (κ1) is 14.4. The first-order chi connectivity index (χ1) is 8.82. The van der Waals surface area contributed by atoms with Gasteiger partial charge in [0.15, 0.2) is 5.60 Å². The molecule has 0 radical (unpaired) electrons. The van der Waals surface area contributed by atoms with E-state index < -0.39 is 18.2 Å². The van der Waals surface area contributed by atoms with Gasteiger partial charge < -0.3 is 10.0 Å². The van der Waals surface area contributed by atoms with Crippen LogP contribution in [0.25, 0.3) is 0 Å². The van der Waals surface area contributed by atoms with Crippen LogP contribution in [0.2, 0.25) is 0 Å². The minimum atomic E-state index is -4.63. The van der Waals surface area contributed by atoms with E-state index in [1.165, 1.54) is 4.90 Å². The lowest BCUT2D eigenvalue weighted by Crippen LogP contribution is -2.46. The van der Waals surface area contributed by atoms with Crippen LogP contribution in [-0.2, 0) is 4.79 Å². The second kappa shape index (κ2) is 5.15. The molecule has 1 aliphatic heterocycles. The summed E-state index contributed by atoms with van der Waals surface area (Å²) in [4.78, 5) is 13.3. The summed E-state index contributed by atoms with van der Waals surface area (Å²) < 4.78 is 38.2. The summed E-state index contributed by atoms with van der Waals surface area (Å²) in [5, 5.41) is 9.65. The van der Waals surface area contributed by atoms with E-state index in [0.29, 0.717) is 0 Å². The molecule has 2 aliphatic rings. The predicted molar refractivity (Wildman–Crippen MR) is 63.4 cm³/mol. The van der Waals surface area contributed by atoms with E-state index in [4.69, 9.17) is 0 Å². The molecule has 1 saturated carbocycles. The van der Waals surface area contributed by atoms with Crippen molar-refractivity contribution in [2.75, 3.05) is 13.1 Å². The molecule has 3 nitrogen and oxygen atoms in total. The van der Waals surface area contributed by atoms with Crippen LogP contribution in [0.3, 0.4) is 0 Å². The molecule has 0 bridgehead atoms. The van der Waals surface area contributed by atoms with E-state index in [-0.39, 0.29) is 31.8 Å². The van der Waals surface area contributed by atoms with Gasteiger partial charge in [0.2, 0.25) is 5.91 Å². The van der Waals surface area contributed by atoms with Crippen molar-refractivity contribution in [2.45, 2.75) is 50.3 Å². The molecule has 19 heavy (non-hydrogen) atoms. The van der Waals surface area contributed by atoms with E-state index in [1.54, 1.807) is 6.08 Å². The summed E-state index contributed by atoms with van der Waals surface area (Å²) in [6.45, 7) is 0.236. The maximum atomic E-state index is 12.7. The van der Waals surface area contributed by atoms with Gasteiger partial charge in [-0.25, -0.2) is 0 Å². The van der Waals surface area contributed by atoms with E-state index in [0.717, 1.165) is 24.8 Å². The summed E-state index contributed by atoms with van der Waals surface area (Å²) in [7, 11) is 0. The highest BCUT2D eigenvalue weighted by atomic mass is 19.4. The number of hydrogen-bond donors (Lipinski definition) is 1. The van der Waals surface area contributed by atoms with Crippen molar-refractivity contribution in [1.82, 2.24) is 4.90 Å². The molecule has 0 aromatic heterocycles. The van der Waals surface area contributed by atoms with Gasteiger partial charge in [0, 0.05) is 25.6 Å². The minimum absolute atomic E-state index is 0.0430. The smallest absolute Gasteiger partial charge is 0.380 e. The van der Waals surface area contributed by atoms with Gasteiger partial charge in [-0.05, 0) is 32.1 Å². The van der Waals surface area contributed by atoms with Crippen LogP contribution in [0.1, 0.15) is 38.5 Å². The Balaban J connectivity index is 1.98. The Bertz CT molecular complexity index is 386. The van der Waals surface area contributed by atoms with E-state index in [1.807, 2.05) is 0 Å². The SMILES string of the molecule is O=C(C=C1CCC1)N1CCCC(O)(C(F)(F)F)CC1. The van der Waals surface area contributed by atoms with Crippen LogP contribution in [0.4, 0.5) is 13.2 Å². The number of hydrogen-bond acceptors (Lipinski definition) is 2.